The van der Waals surface area contributed by atoms with Gasteiger partial charge in [-0.05, 0) is 36.3 Å². The number of allylic oxidation sites excluding steroid dienone is 1. The van der Waals surface area contributed by atoms with Crippen LogP contribution in [-0.2, 0) is 24.3 Å². The molecule has 0 spiro atoms. The molecule has 1 heterocycles. The number of amides is 1. The molecule has 10 heteroatoms. The first kappa shape index (κ1) is 23.1. The van der Waals surface area contributed by atoms with Crippen LogP contribution < -0.4 is 10.1 Å². The Balaban J connectivity index is 2.00. The lowest BCUT2D eigenvalue weighted by atomic mass is 10.0. The number of ether oxygens (including phenoxy) is 3. The van der Waals surface area contributed by atoms with Crippen molar-refractivity contribution in [3.63, 3.8) is 0 Å². The summed E-state index contributed by atoms with van der Waals surface area (Å²) >= 11 is 0. The molecule has 1 aliphatic rings. The van der Waals surface area contributed by atoms with Crippen molar-refractivity contribution >= 4 is 15.9 Å². The van der Waals surface area contributed by atoms with Gasteiger partial charge in [-0.25, -0.2) is 8.42 Å². The fourth-order valence-corrected chi connectivity index (χ4v) is 4.27. The number of nitrogens with one attached hydrogen (secondary N) is 1. The third-order valence-corrected chi connectivity index (χ3v) is 6.31. The van der Waals surface area contributed by atoms with Gasteiger partial charge in [-0.2, -0.15) is 4.31 Å². The van der Waals surface area contributed by atoms with Crippen molar-refractivity contribution in [3.8, 4) is 5.75 Å². The Kier molecular flexibility index (Phi) is 8.45. The number of carbonyl (C=O) groups is 1. The summed E-state index contributed by atoms with van der Waals surface area (Å²) in [6.45, 7) is 1.63. The zero-order valence-electron chi connectivity index (χ0n) is 16.8. The van der Waals surface area contributed by atoms with Crippen molar-refractivity contribution in [2.45, 2.75) is 24.5 Å². The van der Waals surface area contributed by atoms with Crippen LogP contribution in [0.4, 0.5) is 0 Å². The molecule has 0 aliphatic carbocycles. The third kappa shape index (κ3) is 6.17. The van der Waals surface area contributed by atoms with E-state index in [9.17, 15) is 18.3 Å². The number of aliphatic hydroxyl groups is 1. The predicted octanol–water partition coefficient (Wildman–Crippen LogP) is 0.707. The second-order valence-electron chi connectivity index (χ2n) is 6.54. The Bertz CT molecular complexity index is 808. The van der Waals surface area contributed by atoms with E-state index in [0.29, 0.717) is 12.2 Å². The number of hydrogen-bond acceptors (Lipinski definition) is 7. The number of methoxy groups -OCH3 is 1. The monoisotopic (exact) mass is 428 g/mol. The minimum Gasteiger partial charge on any atom is -0.497 e. The SMILES string of the molecule is CNC(=O)C1=C[C@H](C)C[C@H](OCCN(CCO)S(=O)(=O)c2ccc(OC)cc2)O1. The molecule has 0 unspecified atom stereocenters. The number of sulfonamides is 1. The number of aliphatic hydroxyl groups excluding tert-OH is 1. The summed E-state index contributed by atoms with van der Waals surface area (Å²) in [5.41, 5.74) is 0. The van der Waals surface area contributed by atoms with Gasteiger partial charge in [-0.15, -0.1) is 0 Å². The molecule has 1 amide bonds. The number of benzene rings is 1. The zero-order chi connectivity index (χ0) is 21.4. The van der Waals surface area contributed by atoms with Crippen LogP contribution in [0.15, 0.2) is 41.0 Å². The average Bonchev–Trinajstić information content (AvgIpc) is 2.72. The molecule has 0 saturated heterocycles. The number of carbonyl (C=O) groups excluding carboxylic acids is 1. The number of likely N-dealkylation sites (N-methyl/N-ethyl adjacent to an activating group) is 1. The molecule has 0 fully saturated rings. The van der Waals surface area contributed by atoms with E-state index in [2.05, 4.69) is 5.32 Å². The van der Waals surface area contributed by atoms with Crippen molar-refractivity contribution in [1.82, 2.24) is 9.62 Å². The summed E-state index contributed by atoms with van der Waals surface area (Å²) in [4.78, 5) is 11.9. The Hall–Kier alpha value is -2.14. The molecular weight excluding hydrogens is 400 g/mol. The summed E-state index contributed by atoms with van der Waals surface area (Å²) < 4.78 is 43.1. The van der Waals surface area contributed by atoms with Gasteiger partial charge in [0.1, 0.15) is 5.75 Å². The molecule has 1 aromatic rings. The molecule has 0 aromatic heterocycles. The lowest BCUT2D eigenvalue weighted by molar-refractivity contribution is -0.148. The van der Waals surface area contributed by atoms with Crippen LogP contribution in [0.5, 0.6) is 5.75 Å². The van der Waals surface area contributed by atoms with E-state index in [1.54, 1.807) is 18.2 Å². The fourth-order valence-electron chi connectivity index (χ4n) is 2.86. The quantitative estimate of drug-likeness (QED) is 0.564. The summed E-state index contributed by atoms with van der Waals surface area (Å²) in [6.07, 6.45) is 1.62. The van der Waals surface area contributed by atoms with Gasteiger partial charge < -0.3 is 24.6 Å². The van der Waals surface area contributed by atoms with Crippen LogP contribution in [0.2, 0.25) is 0 Å². The Labute approximate surface area is 171 Å². The van der Waals surface area contributed by atoms with Gasteiger partial charge in [0.15, 0.2) is 5.76 Å². The predicted molar refractivity (Wildman–Crippen MR) is 106 cm³/mol. The van der Waals surface area contributed by atoms with Crippen molar-refractivity contribution in [2.24, 2.45) is 5.92 Å². The molecule has 2 N–H and O–H groups in total. The third-order valence-electron chi connectivity index (χ3n) is 4.40. The van der Waals surface area contributed by atoms with Crippen LogP contribution in [0, 0.1) is 5.92 Å². The molecule has 1 aliphatic heterocycles. The highest BCUT2D eigenvalue weighted by Crippen LogP contribution is 2.23. The average molecular weight is 429 g/mol. The Morgan fingerprint density at radius 1 is 1.31 bits per heavy atom. The first-order chi connectivity index (χ1) is 13.8. The Morgan fingerprint density at radius 3 is 2.59 bits per heavy atom. The molecule has 1 aromatic carbocycles. The van der Waals surface area contributed by atoms with Gasteiger partial charge in [0.2, 0.25) is 16.3 Å². The number of hydrogen-bond donors (Lipinski definition) is 2. The lowest BCUT2D eigenvalue weighted by Crippen LogP contribution is -2.38. The van der Waals surface area contributed by atoms with Gasteiger partial charge in [0, 0.05) is 26.6 Å². The topological polar surface area (TPSA) is 114 Å². The van der Waals surface area contributed by atoms with E-state index in [1.807, 2.05) is 6.92 Å². The maximum absolute atomic E-state index is 12.9. The van der Waals surface area contributed by atoms with Crippen LogP contribution in [0.3, 0.4) is 0 Å². The number of nitrogens with zero attached hydrogens (tertiary/aromatic N) is 1. The minimum absolute atomic E-state index is 0.0299. The maximum Gasteiger partial charge on any atom is 0.285 e. The van der Waals surface area contributed by atoms with Crippen molar-refractivity contribution < 1.29 is 32.5 Å². The first-order valence-electron chi connectivity index (χ1n) is 9.29. The van der Waals surface area contributed by atoms with Gasteiger partial charge in [0.25, 0.3) is 5.91 Å². The largest absolute Gasteiger partial charge is 0.497 e. The highest BCUT2D eigenvalue weighted by atomic mass is 32.2. The molecular formula is C19H28N2O7S. The molecule has 2 atom stereocenters. The molecule has 0 saturated carbocycles. The van der Waals surface area contributed by atoms with Crippen molar-refractivity contribution in [3.05, 3.63) is 36.1 Å². The molecule has 0 bridgehead atoms. The van der Waals surface area contributed by atoms with E-state index in [-0.39, 0.29) is 48.8 Å². The highest BCUT2D eigenvalue weighted by Gasteiger charge is 2.27. The second kappa shape index (κ2) is 10.6. The first-order valence-corrected chi connectivity index (χ1v) is 10.7. The fraction of sp³-hybridized carbons (Fsp3) is 0.526. The van der Waals surface area contributed by atoms with Gasteiger partial charge in [0.05, 0.1) is 25.2 Å². The van der Waals surface area contributed by atoms with Crippen LogP contribution in [0.1, 0.15) is 13.3 Å². The van der Waals surface area contributed by atoms with Gasteiger partial charge in [-0.1, -0.05) is 6.92 Å². The highest BCUT2D eigenvalue weighted by molar-refractivity contribution is 7.89. The smallest absolute Gasteiger partial charge is 0.285 e. The Morgan fingerprint density at radius 2 is 2.00 bits per heavy atom. The van der Waals surface area contributed by atoms with Crippen molar-refractivity contribution in [1.29, 1.82) is 0 Å². The zero-order valence-corrected chi connectivity index (χ0v) is 17.6. The van der Waals surface area contributed by atoms with E-state index >= 15 is 0 Å². The van der Waals surface area contributed by atoms with E-state index in [1.165, 1.54) is 26.3 Å². The van der Waals surface area contributed by atoms with Crippen molar-refractivity contribution in [2.75, 3.05) is 40.5 Å². The van der Waals surface area contributed by atoms with Crippen LogP contribution >= 0.6 is 0 Å². The molecule has 29 heavy (non-hydrogen) atoms. The standard InChI is InChI=1S/C19H28N2O7S/c1-14-12-17(19(23)20-2)28-18(13-14)27-11-9-21(8-10-22)29(24,25)16-6-4-15(26-3)5-7-16/h4-7,12,14,18,22H,8-11,13H2,1-3H3,(H,20,23)/t14-,18+/m0/s1. The minimum atomic E-state index is -3.81. The summed E-state index contributed by atoms with van der Waals surface area (Å²) in [6, 6.07) is 6.02. The van der Waals surface area contributed by atoms with Crippen LogP contribution in [-0.4, -0.2) is 70.5 Å². The summed E-state index contributed by atoms with van der Waals surface area (Å²) in [7, 11) is -0.798. The van der Waals surface area contributed by atoms with E-state index in [4.69, 9.17) is 14.2 Å². The summed E-state index contributed by atoms with van der Waals surface area (Å²) in [5.74, 6) is 0.477. The molecule has 9 nitrogen and oxygen atoms in total. The van der Waals surface area contributed by atoms with Gasteiger partial charge in [-0.3, -0.25) is 4.79 Å². The molecule has 2 rings (SSSR count). The van der Waals surface area contributed by atoms with Crippen LogP contribution in [0.25, 0.3) is 0 Å². The maximum atomic E-state index is 12.9. The van der Waals surface area contributed by atoms with Gasteiger partial charge >= 0.3 is 0 Å². The molecule has 0 radical (unpaired) electrons. The lowest BCUT2D eigenvalue weighted by Gasteiger charge is -2.28. The number of rotatable bonds is 10. The normalized spacial score (nSPS) is 19.4. The van der Waals surface area contributed by atoms with E-state index in [0.717, 1.165) is 4.31 Å². The molecule has 162 valence electrons. The summed E-state index contributed by atoms with van der Waals surface area (Å²) in [5, 5.41) is 11.8. The van der Waals surface area contributed by atoms with E-state index < -0.39 is 16.3 Å². The second-order valence-corrected chi connectivity index (χ2v) is 8.48.